The van der Waals surface area contributed by atoms with E-state index < -0.39 is 0 Å². The third-order valence-electron chi connectivity index (χ3n) is 2.91. The Bertz CT molecular complexity index is 559. The molecule has 0 atom stereocenters. The van der Waals surface area contributed by atoms with Crippen molar-refractivity contribution >= 4 is 0 Å². The lowest BCUT2D eigenvalue weighted by atomic mass is 10.1. The van der Waals surface area contributed by atoms with Crippen molar-refractivity contribution in [1.29, 1.82) is 0 Å². The minimum absolute atomic E-state index is 0.469. The van der Waals surface area contributed by atoms with Gasteiger partial charge in [-0.1, -0.05) is 12.1 Å². The van der Waals surface area contributed by atoms with Crippen molar-refractivity contribution in [3.8, 4) is 17.4 Å². The van der Waals surface area contributed by atoms with Gasteiger partial charge in [0.1, 0.15) is 5.75 Å². The number of pyridine rings is 1. The van der Waals surface area contributed by atoms with Crippen LogP contribution in [-0.4, -0.2) is 12.1 Å². The summed E-state index contributed by atoms with van der Waals surface area (Å²) in [5, 5.41) is 0. The summed E-state index contributed by atoms with van der Waals surface area (Å²) >= 11 is 0. The fraction of sp³-hybridized carbons (Fsp3) is 0.267. The second kappa shape index (κ2) is 5.71. The molecule has 0 amide bonds. The molecule has 0 spiro atoms. The summed E-state index contributed by atoms with van der Waals surface area (Å²) in [6.45, 7) is 4.52. The molecule has 4 heteroatoms. The third-order valence-corrected chi connectivity index (χ3v) is 2.91. The van der Waals surface area contributed by atoms with E-state index in [-0.39, 0.29) is 0 Å². The largest absolute Gasteiger partial charge is 0.491 e. The van der Waals surface area contributed by atoms with E-state index >= 15 is 0 Å². The topological polar surface area (TPSA) is 57.4 Å². The number of aromatic nitrogens is 1. The predicted molar refractivity (Wildman–Crippen MR) is 74.7 cm³/mol. The first-order chi connectivity index (χ1) is 9.15. The molecule has 2 N–H and O–H groups in total. The summed E-state index contributed by atoms with van der Waals surface area (Å²) in [7, 11) is 1.60. The first-order valence-electron chi connectivity index (χ1n) is 6.12. The molecule has 2 rings (SSSR count). The number of ether oxygens (including phenoxy) is 2. The Hall–Kier alpha value is -2.07. The molecule has 1 heterocycles. The molecule has 0 radical (unpaired) electrons. The van der Waals surface area contributed by atoms with Gasteiger partial charge >= 0.3 is 0 Å². The summed E-state index contributed by atoms with van der Waals surface area (Å²) in [5.41, 5.74) is 8.83. The van der Waals surface area contributed by atoms with Crippen molar-refractivity contribution < 1.29 is 9.47 Å². The summed E-state index contributed by atoms with van der Waals surface area (Å²) in [4.78, 5) is 4.20. The zero-order valence-electron chi connectivity index (χ0n) is 11.4. The van der Waals surface area contributed by atoms with Crippen LogP contribution in [-0.2, 0) is 6.54 Å². The Kier molecular flexibility index (Phi) is 4.02. The maximum Gasteiger partial charge on any atom is 0.262 e. The van der Waals surface area contributed by atoms with Crippen molar-refractivity contribution in [2.75, 3.05) is 7.11 Å². The van der Waals surface area contributed by atoms with Gasteiger partial charge in [0.2, 0.25) is 0 Å². The number of hydrogen-bond donors (Lipinski definition) is 1. The molecular formula is C15H18N2O2. The van der Waals surface area contributed by atoms with E-state index in [2.05, 4.69) is 4.98 Å². The van der Waals surface area contributed by atoms with Gasteiger partial charge in [0.25, 0.3) is 5.88 Å². The molecule has 1 aromatic heterocycles. The van der Waals surface area contributed by atoms with Crippen LogP contribution in [0.4, 0.5) is 0 Å². The average molecular weight is 258 g/mol. The van der Waals surface area contributed by atoms with Crippen molar-refractivity contribution in [3.05, 3.63) is 47.2 Å². The minimum atomic E-state index is 0.469. The van der Waals surface area contributed by atoms with E-state index in [1.54, 1.807) is 13.3 Å². The lowest BCUT2D eigenvalue weighted by Crippen LogP contribution is -2.00. The Balaban J connectivity index is 2.38. The number of benzene rings is 1. The van der Waals surface area contributed by atoms with Crippen LogP contribution in [0.5, 0.6) is 17.4 Å². The summed E-state index contributed by atoms with van der Waals surface area (Å²) in [6, 6.07) is 7.68. The first kappa shape index (κ1) is 13.4. The Morgan fingerprint density at radius 1 is 1.21 bits per heavy atom. The number of methoxy groups -OCH3 is 1. The maximum absolute atomic E-state index is 5.88. The van der Waals surface area contributed by atoms with Crippen LogP contribution in [0.2, 0.25) is 0 Å². The van der Waals surface area contributed by atoms with E-state index in [0.29, 0.717) is 18.2 Å². The van der Waals surface area contributed by atoms with Crippen LogP contribution in [0.1, 0.15) is 16.7 Å². The fourth-order valence-electron chi connectivity index (χ4n) is 2.02. The van der Waals surface area contributed by atoms with Crippen LogP contribution < -0.4 is 15.2 Å². The molecule has 0 aliphatic heterocycles. The van der Waals surface area contributed by atoms with Crippen LogP contribution in [0.3, 0.4) is 0 Å². The molecule has 19 heavy (non-hydrogen) atoms. The Morgan fingerprint density at radius 3 is 2.47 bits per heavy atom. The fourth-order valence-corrected chi connectivity index (χ4v) is 2.02. The minimum Gasteiger partial charge on any atom is -0.491 e. The molecule has 0 fully saturated rings. The molecule has 0 aliphatic carbocycles. The van der Waals surface area contributed by atoms with Gasteiger partial charge in [0.05, 0.1) is 7.11 Å². The quantitative estimate of drug-likeness (QED) is 0.916. The van der Waals surface area contributed by atoms with Crippen LogP contribution in [0.15, 0.2) is 30.5 Å². The summed E-state index contributed by atoms with van der Waals surface area (Å²) in [6.07, 6.45) is 1.68. The molecule has 0 saturated carbocycles. The Labute approximate surface area is 113 Å². The number of aryl methyl sites for hydroxylation is 2. The van der Waals surface area contributed by atoms with Crippen LogP contribution >= 0.6 is 0 Å². The normalized spacial score (nSPS) is 10.3. The Morgan fingerprint density at radius 2 is 1.89 bits per heavy atom. The average Bonchev–Trinajstić information content (AvgIpc) is 2.43. The second-order valence-electron chi connectivity index (χ2n) is 4.38. The van der Waals surface area contributed by atoms with Crippen molar-refractivity contribution in [1.82, 2.24) is 4.98 Å². The molecule has 4 nitrogen and oxygen atoms in total. The first-order valence-corrected chi connectivity index (χ1v) is 6.12. The summed E-state index contributed by atoms with van der Waals surface area (Å²) in [5.74, 6) is 1.88. The van der Waals surface area contributed by atoms with Gasteiger partial charge < -0.3 is 15.2 Å². The summed E-state index contributed by atoms with van der Waals surface area (Å²) < 4.78 is 11.1. The third kappa shape index (κ3) is 2.85. The van der Waals surface area contributed by atoms with Crippen molar-refractivity contribution in [2.45, 2.75) is 20.4 Å². The van der Waals surface area contributed by atoms with E-state index in [4.69, 9.17) is 15.2 Å². The molecule has 0 unspecified atom stereocenters. The van der Waals surface area contributed by atoms with E-state index in [0.717, 1.165) is 22.4 Å². The number of nitrogens with zero attached hydrogens (tertiary/aromatic N) is 1. The van der Waals surface area contributed by atoms with Gasteiger partial charge in [0.15, 0.2) is 5.75 Å². The van der Waals surface area contributed by atoms with Gasteiger partial charge in [0, 0.05) is 12.7 Å². The monoisotopic (exact) mass is 258 g/mol. The molecule has 100 valence electrons. The van der Waals surface area contributed by atoms with Crippen molar-refractivity contribution in [3.63, 3.8) is 0 Å². The van der Waals surface area contributed by atoms with Gasteiger partial charge in [-0.05, 0) is 42.7 Å². The molecule has 2 aromatic rings. The maximum atomic E-state index is 5.88. The number of nitrogens with two attached hydrogens (primary N) is 1. The van der Waals surface area contributed by atoms with Gasteiger partial charge in [-0.25, -0.2) is 4.98 Å². The lowest BCUT2D eigenvalue weighted by molar-refractivity contribution is 0.368. The van der Waals surface area contributed by atoms with Crippen molar-refractivity contribution in [2.24, 2.45) is 5.73 Å². The van der Waals surface area contributed by atoms with Crippen LogP contribution in [0.25, 0.3) is 0 Å². The van der Waals surface area contributed by atoms with E-state index in [1.165, 1.54) is 0 Å². The molecule has 1 aromatic carbocycles. The number of rotatable bonds is 4. The standard InChI is InChI=1S/C15H18N2O2/c1-10-7-12(9-16)8-11(2)14(10)19-15-13(18-3)5-4-6-17-15/h4-8H,9,16H2,1-3H3. The van der Waals surface area contributed by atoms with Crippen LogP contribution in [0, 0.1) is 13.8 Å². The van der Waals surface area contributed by atoms with Gasteiger partial charge in [-0.3, -0.25) is 0 Å². The molecular weight excluding hydrogens is 240 g/mol. The van der Waals surface area contributed by atoms with Gasteiger partial charge in [-0.2, -0.15) is 0 Å². The molecule has 0 aliphatic rings. The highest BCUT2D eigenvalue weighted by Crippen LogP contribution is 2.33. The SMILES string of the molecule is COc1cccnc1Oc1c(C)cc(CN)cc1C. The highest BCUT2D eigenvalue weighted by molar-refractivity contribution is 5.46. The zero-order valence-corrected chi connectivity index (χ0v) is 11.4. The zero-order chi connectivity index (χ0) is 13.8. The van der Waals surface area contributed by atoms with E-state index in [9.17, 15) is 0 Å². The highest BCUT2D eigenvalue weighted by Gasteiger charge is 2.11. The smallest absolute Gasteiger partial charge is 0.262 e. The lowest BCUT2D eigenvalue weighted by Gasteiger charge is -2.14. The highest BCUT2D eigenvalue weighted by atomic mass is 16.5. The van der Waals surface area contributed by atoms with E-state index in [1.807, 2.05) is 38.1 Å². The molecule has 0 bridgehead atoms. The van der Waals surface area contributed by atoms with Gasteiger partial charge in [-0.15, -0.1) is 0 Å². The predicted octanol–water partition coefficient (Wildman–Crippen LogP) is 2.96. The second-order valence-corrected chi connectivity index (χ2v) is 4.38. The number of hydrogen-bond acceptors (Lipinski definition) is 4. The molecule has 0 saturated heterocycles.